The first-order chi connectivity index (χ1) is 8.81. The summed E-state index contributed by atoms with van der Waals surface area (Å²) in [5.74, 6) is -4.05. The molecule has 0 bridgehead atoms. The standard InChI is InChI=1S/C10H8F2N2O5.ClH/c11-10(12)4-19-9(16)13-8(10)5-1-2-7(15)6(3-5)14(17)18;/h1-3,8,15H,4H2,(H,13,16);1H/t8-;/m1./s1. The molecule has 1 fully saturated rings. The zero-order valence-electron chi connectivity index (χ0n) is 9.71. The predicted molar refractivity (Wildman–Crippen MR) is 64.2 cm³/mol. The van der Waals surface area contributed by atoms with Crippen molar-refractivity contribution in [2.24, 2.45) is 0 Å². The number of phenols is 1. The molecule has 0 aromatic heterocycles. The predicted octanol–water partition coefficient (Wildman–Crippen LogP) is 2.14. The number of halogens is 3. The number of nitro groups is 1. The molecule has 0 aliphatic carbocycles. The van der Waals surface area contributed by atoms with Gasteiger partial charge in [-0.05, 0) is 11.6 Å². The Kier molecular flexibility index (Phi) is 4.33. The van der Waals surface area contributed by atoms with Gasteiger partial charge in [0.25, 0.3) is 0 Å². The number of rotatable bonds is 2. The number of phenolic OH excluding ortho intramolecular Hbond substituents is 1. The molecular weight excluding hydrogens is 302 g/mol. The summed E-state index contributed by atoms with van der Waals surface area (Å²) in [6, 6.07) is 1.05. The van der Waals surface area contributed by atoms with Gasteiger partial charge >= 0.3 is 17.7 Å². The molecule has 110 valence electrons. The number of alkyl carbamates (subject to hydrolysis) is 1. The molecule has 2 N–H and O–H groups in total. The minimum absolute atomic E-state index is 0. The second-order valence-corrected chi connectivity index (χ2v) is 3.92. The average molecular weight is 311 g/mol. The van der Waals surface area contributed by atoms with Gasteiger partial charge in [0.2, 0.25) is 0 Å². The van der Waals surface area contributed by atoms with Crippen LogP contribution < -0.4 is 5.32 Å². The summed E-state index contributed by atoms with van der Waals surface area (Å²) in [6.45, 7) is -1.11. The lowest BCUT2D eigenvalue weighted by Crippen LogP contribution is -2.49. The number of cyclic esters (lactones) is 1. The maximum absolute atomic E-state index is 13.6. The lowest BCUT2D eigenvalue weighted by atomic mass is 9.99. The molecule has 1 atom stereocenters. The smallest absolute Gasteiger partial charge is 0.408 e. The Balaban J connectivity index is 0.00000200. The van der Waals surface area contributed by atoms with Crippen molar-refractivity contribution in [2.75, 3.05) is 6.61 Å². The quantitative estimate of drug-likeness (QED) is 0.643. The van der Waals surface area contributed by atoms with E-state index in [-0.39, 0.29) is 18.0 Å². The van der Waals surface area contributed by atoms with Crippen molar-refractivity contribution in [1.82, 2.24) is 5.32 Å². The fraction of sp³-hybridized carbons (Fsp3) is 0.300. The van der Waals surface area contributed by atoms with Gasteiger partial charge in [-0.3, -0.25) is 10.1 Å². The summed E-state index contributed by atoms with van der Waals surface area (Å²) >= 11 is 0. The van der Waals surface area contributed by atoms with Crippen LogP contribution >= 0.6 is 12.4 Å². The van der Waals surface area contributed by atoms with E-state index in [1.54, 1.807) is 0 Å². The first-order valence-electron chi connectivity index (χ1n) is 5.09. The Morgan fingerprint density at radius 1 is 1.50 bits per heavy atom. The molecule has 1 heterocycles. The highest BCUT2D eigenvalue weighted by molar-refractivity contribution is 5.85. The number of nitrogens with one attached hydrogen (secondary N) is 1. The molecule has 0 saturated carbocycles. The maximum atomic E-state index is 13.6. The number of ether oxygens (including phenoxy) is 1. The number of aromatic hydroxyl groups is 1. The second-order valence-electron chi connectivity index (χ2n) is 3.92. The van der Waals surface area contributed by atoms with Gasteiger partial charge in [0.05, 0.1) is 4.92 Å². The van der Waals surface area contributed by atoms with Crippen LogP contribution in [0.1, 0.15) is 11.6 Å². The van der Waals surface area contributed by atoms with Crippen molar-refractivity contribution in [3.8, 4) is 5.75 Å². The summed E-state index contributed by atoms with van der Waals surface area (Å²) in [4.78, 5) is 20.7. The molecule has 1 aliphatic heterocycles. The van der Waals surface area contributed by atoms with E-state index in [1.807, 2.05) is 5.32 Å². The molecule has 1 aromatic carbocycles. The third-order valence-corrected chi connectivity index (χ3v) is 2.61. The zero-order chi connectivity index (χ0) is 14.2. The molecule has 20 heavy (non-hydrogen) atoms. The van der Waals surface area contributed by atoms with Gasteiger partial charge in [-0.15, -0.1) is 12.4 Å². The number of amides is 1. The van der Waals surface area contributed by atoms with Crippen LogP contribution in [0.15, 0.2) is 18.2 Å². The first-order valence-corrected chi connectivity index (χ1v) is 5.09. The number of hydrogen-bond acceptors (Lipinski definition) is 5. The summed E-state index contributed by atoms with van der Waals surface area (Å²) in [6.07, 6.45) is -1.04. The van der Waals surface area contributed by atoms with Crippen molar-refractivity contribution in [3.05, 3.63) is 33.9 Å². The molecule has 7 nitrogen and oxygen atoms in total. The van der Waals surface area contributed by atoms with Gasteiger partial charge in [-0.1, -0.05) is 6.07 Å². The molecular formula is C10H9ClF2N2O5. The molecule has 10 heteroatoms. The van der Waals surface area contributed by atoms with Crippen molar-refractivity contribution < 1.29 is 28.3 Å². The summed E-state index contributed by atoms with van der Waals surface area (Å²) in [5.41, 5.74) is -0.903. The number of nitro benzene ring substituents is 1. The van der Waals surface area contributed by atoms with Gasteiger partial charge in [0.1, 0.15) is 6.04 Å². The molecule has 1 aliphatic rings. The maximum Gasteiger partial charge on any atom is 0.408 e. The van der Waals surface area contributed by atoms with E-state index in [2.05, 4.69) is 4.74 Å². The zero-order valence-corrected chi connectivity index (χ0v) is 10.5. The summed E-state index contributed by atoms with van der Waals surface area (Å²) < 4.78 is 31.3. The lowest BCUT2D eigenvalue weighted by Gasteiger charge is -2.31. The van der Waals surface area contributed by atoms with E-state index < -0.39 is 41.0 Å². The van der Waals surface area contributed by atoms with Crippen LogP contribution in [-0.2, 0) is 4.74 Å². The third kappa shape index (κ3) is 2.87. The Bertz CT molecular complexity index is 554. The molecule has 0 unspecified atom stereocenters. The molecule has 1 amide bonds. The number of carbonyl (C=O) groups is 1. The van der Waals surface area contributed by atoms with Gasteiger partial charge < -0.3 is 15.2 Å². The van der Waals surface area contributed by atoms with Crippen LogP contribution in [0.25, 0.3) is 0 Å². The van der Waals surface area contributed by atoms with Crippen molar-refractivity contribution >= 4 is 24.2 Å². The van der Waals surface area contributed by atoms with Crippen molar-refractivity contribution in [2.45, 2.75) is 12.0 Å². The van der Waals surface area contributed by atoms with Crippen LogP contribution in [0.3, 0.4) is 0 Å². The number of alkyl halides is 2. The summed E-state index contributed by atoms with van der Waals surface area (Å²) in [5, 5.41) is 21.8. The lowest BCUT2D eigenvalue weighted by molar-refractivity contribution is -0.386. The van der Waals surface area contributed by atoms with E-state index >= 15 is 0 Å². The fourth-order valence-corrected chi connectivity index (χ4v) is 1.70. The fourth-order valence-electron chi connectivity index (χ4n) is 1.70. The Hall–Kier alpha value is -2.16. The number of benzene rings is 1. The van der Waals surface area contributed by atoms with E-state index in [4.69, 9.17) is 0 Å². The SMILES string of the molecule is Cl.O=C1N[C@H](c2ccc(O)c([N+](=O)[O-])c2)C(F)(F)CO1. The van der Waals surface area contributed by atoms with E-state index in [9.17, 15) is 28.8 Å². The summed E-state index contributed by atoms with van der Waals surface area (Å²) in [7, 11) is 0. The molecule has 2 rings (SSSR count). The molecule has 1 saturated heterocycles. The van der Waals surface area contributed by atoms with Crippen LogP contribution in [0, 0.1) is 10.1 Å². The van der Waals surface area contributed by atoms with Crippen LogP contribution in [-0.4, -0.2) is 28.7 Å². The topological polar surface area (TPSA) is 102 Å². The average Bonchev–Trinajstić information content (AvgIpc) is 2.33. The van der Waals surface area contributed by atoms with E-state index in [1.165, 1.54) is 0 Å². The van der Waals surface area contributed by atoms with Crippen molar-refractivity contribution in [3.63, 3.8) is 0 Å². The third-order valence-electron chi connectivity index (χ3n) is 2.61. The number of nitrogens with zero attached hydrogens (tertiary/aromatic N) is 1. The van der Waals surface area contributed by atoms with Crippen LogP contribution in [0.4, 0.5) is 19.3 Å². The highest BCUT2D eigenvalue weighted by Gasteiger charge is 2.47. The number of carbonyl (C=O) groups excluding carboxylic acids is 1. The normalized spacial score (nSPS) is 20.3. The number of hydrogen-bond donors (Lipinski definition) is 2. The van der Waals surface area contributed by atoms with E-state index in [0.29, 0.717) is 0 Å². The molecule has 1 aromatic rings. The first kappa shape index (κ1) is 15.9. The van der Waals surface area contributed by atoms with Gasteiger partial charge in [-0.2, -0.15) is 0 Å². The molecule has 0 radical (unpaired) electrons. The van der Waals surface area contributed by atoms with Crippen molar-refractivity contribution in [1.29, 1.82) is 0 Å². The highest BCUT2D eigenvalue weighted by atomic mass is 35.5. The van der Waals surface area contributed by atoms with Gasteiger partial charge in [-0.25, -0.2) is 13.6 Å². The van der Waals surface area contributed by atoms with Crippen LogP contribution in [0.5, 0.6) is 5.75 Å². The largest absolute Gasteiger partial charge is 0.502 e. The molecule has 0 spiro atoms. The Morgan fingerprint density at radius 3 is 2.75 bits per heavy atom. The minimum Gasteiger partial charge on any atom is -0.502 e. The Labute approximate surface area is 117 Å². The van der Waals surface area contributed by atoms with Gasteiger partial charge in [0, 0.05) is 6.07 Å². The minimum atomic E-state index is -3.40. The van der Waals surface area contributed by atoms with Gasteiger partial charge in [0.15, 0.2) is 12.4 Å². The van der Waals surface area contributed by atoms with E-state index in [0.717, 1.165) is 18.2 Å². The highest BCUT2D eigenvalue weighted by Crippen LogP contribution is 2.37. The second kappa shape index (κ2) is 5.45. The van der Waals surface area contributed by atoms with Crippen LogP contribution in [0.2, 0.25) is 0 Å². The Morgan fingerprint density at radius 2 is 2.15 bits per heavy atom. The monoisotopic (exact) mass is 310 g/mol.